The fourth-order valence-corrected chi connectivity index (χ4v) is 3.37. The summed E-state index contributed by atoms with van der Waals surface area (Å²) in [6, 6.07) is 10.4. The topological polar surface area (TPSA) is 23.5 Å². The maximum atomic E-state index is 10.3. The fourth-order valence-electron chi connectivity index (χ4n) is 2.59. The number of hydrogen-bond acceptors (Lipinski definition) is 3. The third-order valence-corrected chi connectivity index (χ3v) is 4.96. The fraction of sp³-hybridized carbons (Fsp3) is 0.412. The van der Waals surface area contributed by atoms with Crippen LogP contribution in [0.5, 0.6) is 0 Å². The maximum absolute atomic E-state index is 10.3. The summed E-state index contributed by atoms with van der Waals surface area (Å²) in [5.74, 6) is 0. The lowest BCUT2D eigenvalue weighted by Gasteiger charge is -2.23. The molecule has 0 aliphatic heterocycles. The van der Waals surface area contributed by atoms with Gasteiger partial charge in [0.1, 0.15) is 0 Å². The zero-order chi connectivity index (χ0) is 14.7. The molecule has 1 atom stereocenters. The van der Waals surface area contributed by atoms with E-state index in [4.69, 9.17) is 11.6 Å². The van der Waals surface area contributed by atoms with Gasteiger partial charge in [-0.3, -0.25) is 4.90 Å². The first-order chi connectivity index (χ1) is 10.2. The second-order valence-corrected chi connectivity index (χ2v) is 6.91. The van der Waals surface area contributed by atoms with E-state index in [0.717, 1.165) is 25.1 Å². The largest absolute Gasteiger partial charge is 0.388 e. The molecule has 1 aromatic carbocycles. The Kier molecular flexibility index (Phi) is 4.96. The normalized spacial score (nSPS) is 16.3. The molecule has 0 saturated heterocycles. The second-order valence-electron chi connectivity index (χ2n) is 5.69. The predicted octanol–water partition coefficient (Wildman–Crippen LogP) is 4.49. The van der Waals surface area contributed by atoms with E-state index in [2.05, 4.69) is 21.7 Å². The number of thiophene rings is 1. The third-order valence-electron chi connectivity index (χ3n) is 3.97. The lowest BCUT2D eigenvalue weighted by Crippen LogP contribution is -2.27. The Morgan fingerprint density at radius 1 is 1.24 bits per heavy atom. The van der Waals surface area contributed by atoms with Crippen LogP contribution in [-0.2, 0) is 6.54 Å². The monoisotopic (exact) mass is 321 g/mol. The molecule has 0 bridgehead atoms. The molecule has 1 fully saturated rings. The standard InChI is InChI=1S/C17H20ClNOS/c18-15-3-1-14(2-4-15)17(20)7-9-19(16-5-6-16)11-13-8-10-21-12-13/h1-4,8,10,12,16-17,20H,5-7,9,11H2. The van der Waals surface area contributed by atoms with E-state index >= 15 is 0 Å². The summed E-state index contributed by atoms with van der Waals surface area (Å²) in [6.07, 6.45) is 2.94. The molecule has 1 aliphatic carbocycles. The first kappa shape index (κ1) is 15.0. The van der Waals surface area contributed by atoms with Gasteiger partial charge in [-0.2, -0.15) is 11.3 Å². The van der Waals surface area contributed by atoms with Crippen LogP contribution in [0.1, 0.15) is 36.5 Å². The number of halogens is 1. The number of nitrogens with zero attached hydrogens (tertiary/aromatic N) is 1. The van der Waals surface area contributed by atoms with Gasteiger partial charge in [0, 0.05) is 24.2 Å². The Labute approximate surface area is 135 Å². The Morgan fingerprint density at radius 2 is 2.00 bits per heavy atom. The highest BCUT2D eigenvalue weighted by molar-refractivity contribution is 7.07. The van der Waals surface area contributed by atoms with Gasteiger partial charge in [0.15, 0.2) is 0 Å². The molecule has 112 valence electrons. The molecule has 2 nitrogen and oxygen atoms in total. The van der Waals surface area contributed by atoms with Crippen LogP contribution in [0.25, 0.3) is 0 Å². The van der Waals surface area contributed by atoms with Crippen LogP contribution in [-0.4, -0.2) is 22.6 Å². The Hall–Kier alpha value is -0.870. The number of rotatable bonds is 7. The highest BCUT2D eigenvalue weighted by Gasteiger charge is 2.29. The highest BCUT2D eigenvalue weighted by Crippen LogP contribution is 2.30. The van der Waals surface area contributed by atoms with E-state index in [0.29, 0.717) is 11.1 Å². The van der Waals surface area contributed by atoms with Gasteiger partial charge in [0.05, 0.1) is 6.10 Å². The summed E-state index contributed by atoms with van der Waals surface area (Å²) >= 11 is 7.63. The summed E-state index contributed by atoms with van der Waals surface area (Å²) in [5, 5.41) is 15.4. The second kappa shape index (κ2) is 6.93. The first-order valence-corrected chi connectivity index (χ1v) is 8.73. The first-order valence-electron chi connectivity index (χ1n) is 7.41. The van der Waals surface area contributed by atoms with Crippen LogP contribution < -0.4 is 0 Å². The van der Waals surface area contributed by atoms with Gasteiger partial charge in [-0.05, 0) is 59.3 Å². The molecule has 4 heteroatoms. The van der Waals surface area contributed by atoms with E-state index < -0.39 is 6.10 Å². The van der Waals surface area contributed by atoms with Crippen molar-refractivity contribution in [3.05, 3.63) is 57.2 Å². The molecule has 1 aromatic heterocycles. The smallest absolute Gasteiger partial charge is 0.0802 e. The molecule has 1 aliphatic rings. The van der Waals surface area contributed by atoms with Gasteiger partial charge in [-0.25, -0.2) is 0 Å². The minimum Gasteiger partial charge on any atom is -0.388 e. The maximum Gasteiger partial charge on any atom is 0.0802 e. The minimum absolute atomic E-state index is 0.411. The Morgan fingerprint density at radius 3 is 2.62 bits per heavy atom. The molecule has 2 aromatic rings. The van der Waals surface area contributed by atoms with E-state index in [1.165, 1.54) is 18.4 Å². The number of aliphatic hydroxyl groups is 1. The van der Waals surface area contributed by atoms with Gasteiger partial charge in [0.25, 0.3) is 0 Å². The quantitative estimate of drug-likeness (QED) is 0.812. The molecule has 0 spiro atoms. The van der Waals surface area contributed by atoms with Crippen molar-refractivity contribution in [3.8, 4) is 0 Å². The lowest BCUT2D eigenvalue weighted by atomic mass is 10.1. The number of hydrogen-bond donors (Lipinski definition) is 1. The van der Waals surface area contributed by atoms with E-state index in [-0.39, 0.29) is 0 Å². The minimum atomic E-state index is -0.411. The van der Waals surface area contributed by atoms with Crippen molar-refractivity contribution in [3.63, 3.8) is 0 Å². The van der Waals surface area contributed by atoms with Crippen LogP contribution in [0.3, 0.4) is 0 Å². The zero-order valence-corrected chi connectivity index (χ0v) is 13.5. The van der Waals surface area contributed by atoms with Crippen molar-refractivity contribution in [2.45, 2.75) is 38.0 Å². The van der Waals surface area contributed by atoms with Gasteiger partial charge < -0.3 is 5.11 Å². The van der Waals surface area contributed by atoms with Crippen LogP contribution in [0.15, 0.2) is 41.1 Å². The van der Waals surface area contributed by atoms with Crippen LogP contribution in [0.4, 0.5) is 0 Å². The molecule has 3 rings (SSSR count). The van der Waals surface area contributed by atoms with Crippen molar-refractivity contribution >= 4 is 22.9 Å². The lowest BCUT2D eigenvalue weighted by molar-refractivity contribution is 0.137. The molecule has 1 N–H and O–H groups in total. The molecular weight excluding hydrogens is 302 g/mol. The third kappa shape index (κ3) is 4.30. The highest BCUT2D eigenvalue weighted by atomic mass is 35.5. The molecular formula is C17H20ClNOS. The van der Waals surface area contributed by atoms with Crippen LogP contribution >= 0.6 is 22.9 Å². The summed E-state index contributed by atoms with van der Waals surface area (Å²) in [4.78, 5) is 2.50. The molecule has 0 radical (unpaired) electrons. The Balaban J connectivity index is 1.55. The summed E-state index contributed by atoms with van der Waals surface area (Å²) < 4.78 is 0. The van der Waals surface area contributed by atoms with Crippen molar-refractivity contribution < 1.29 is 5.11 Å². The SMILES string of the molecule is OC(CCN(Cc1ccsc1)C1CC1)c1ccc(Cl)cc1. The summed E-state index contributed by atoms with van der Waals surface area (Å²) in [6.45, 7) is 1.94. The van der Waals surface area contributed by atoms with Crippen LogP contribution in [0, 0.1) is 0 Å². The molecule has 1 unspecified atom stereocenters. The Bertz CT molecular complexity index is 551. The van der Waals surface area contributed by atoms with Gasteiger partial charge in [-0.1, -0.05) is 23.7 Å². The zero-order valence-electron chi connectivity index (χ0n) is 11.9. The van der Waals surface area contributed by atoms with Gasteiger partial charge >= 0.3 is 0 Å². The number of aliphatic hydroxyl groups excluding tert-OH is 1. The molecule has 0 amide bonds. The van der Waals surface area contributed by atoms with Crippen molar-refractivity contribution in [2.24, 2.45) is 0 Å². The summed E-state index contributed by atoms with van der Waals surface area (Å²) in [5.41, 5.74) is 2.33. The van der Waals surface area contributed by atoms with E-state index in [9.17, 15) is 5.11 Å². The average molecular weight is 322 g/mol. The van der Waals surface area contributed by atoms with Gasteiger partial charge in [-0.15, -0.1) is 0 Å². The van der Waals surface area contributed by atoms with Crippen molar-refractivity contribution in [1.82, 2.24) is 4.90 Å². The molecule has 1 saturated carbocycles. The predicted molar refractivity (Wildman–Crippen MR) is 88.8 cm³/mol. The van der Waals surface area contributed by atoms with E-state index in [1.807, 2.05) is 24.3 Å². The van der Waals surface area contributed by atoms with E-state index in [1.54, 1.807) is 11.3 Å². The van der Waals surface area contributed by atoms with Gasteiger partial charge in [0.2, 0.25) is 0 Å². The average Bonchev–Trinajstić information content (AvgIpc) is 3.21. The molecule has 21 heavy (non-hydrogen) atoms. The van der Waals surface area contributed by atoms with Crippen molar-refractivity contribution in [2.75, 3.05) is 6.54 Å². The summed E-state index contributed by atoms with van der Waals surface area (Å²) in [7, 11) is 0. The van der Waals surface area contributed by atoms with Crippen LogP contribution in [0.2, 0.25) is 5.02 Å². The molecule has 1 heterocycles. The number of benzene rings is 1. The van der Waals surface area contributed by atoms with Crippen molar-refractivity contribution in [1.29, 1.82) is 0 Å².